The third-order valence-electron chi connectivity index (χ3n) is 4.08. The first-order chi connectivity index (χ1) is 12.6. The van der Waals surface area contributed by atoms with E-state index in [9.17, 15) is 9.90 Å². The van der Waals surface area contributed by atoms with Gasteiger partial charge in [0.05, 0.1) is 15.9 Å². The Morgan fingerprint density at radius 3 is 2.92 bits per heavy atom. The molecule has 0 aliphatic heterocycles. The van der Waals surface area contributed by atoms with Crippen LogP contribution in [0.25, 0.3) is 15.2 Å². The van der Waals surface area contributed by atoms with Crippen LogP contribution in [0.15, 0.2) is 36.2 Å². The molecule has 0 saturated heterocycles. The van der Waals surface area contributed by atoms with Crippen molar-refractivity contribution in [3.05, 3.63) is 41.9 Å². The van der Waals surface area contributed by atoms with Gasteiger partial charge in [-0.2, -0.15) is 9.59 Å². The number of nitrogens with zero attached hydrogens (tertiary/aromatic N) is 2. The van der Waals surface area contributed by atoms with Crippen LogP contribution in [0.1, 0.15) is 31.4 Å². The molecule has 8 heteroatoms. The molecule has 0 fully saturated rings. The number of thiazole rings is 1. The summed E-state index contributed by atoms with van der Waals surface area (Å²) in [7, 11) is 0. The number of hydrogen-bond acceptors (Lipinski definition) is 6. The molecule has 1 aliphatic carbocycles. The third kappa shape index (κ3) is 3.99. The number of fused-ring (bicyclic) bond motifs is 3. The maximum Gasteiger partial charge on any atom is 0.373 e. The second-order valence-electron chi connectivity index (χ2n) is 5.89. The number of aromatic hydroxyl groups is 1. The van der Waals surface area contributed by atoms with Crippen molar-refractivity contribution in [3.8, 4) is 5.75 Å². The minimum atomic E-state index is 0.0595. The number of hydrogen-bond donors (Lipinski definition) is 2. The number of allylic oxidation sites excluding steroid dienone is 2. The van der Waals surface area contributed by atoms with Gasteiger partial charge in [-0.1, -0.05) is 17.4 Å². The van der Waals surface area contributed by atoms with Gasteiger partial charge in [0.2, 0.25) is 5.91 Å². The van der Waals surface area contributed by atoms with Crippen molar-refractivity contribution in [2.24, 2.45) is 0 Å². The summed E-state index contributed by atoms with van der Waals surface area (Å²) in [6.45, 7) is 0. The first kappa shape index (κ1) is 17.8. The molecule has 0 bridgehead atoms. The lowest BCUT2D eigenvalue weighted by molar-refractivity contribution is -0.191. The monoisotopic (exact) mass is 371 g/mol. The highest BCUT2D eigenvalue weighted by Gasteiger charge is 2.12. The molecule has 0 atom stereocenters. The van der Waals surface area contributed by atoms with Gasteiger partial charge in [-0.05, 0) is 37.5 Å². The van der Waals surface area contributed by atoms with Crippen LogP contribution in [-0.4, -0.2) is 26.5 Å². The minimum Gasteiger partial charge on any atom is -0.508 e. The molecule has 134 valence electrons. The van der Waals surface area contributed by atoms with Crippen LogP contribution in [-0.2, 0) is 20.8 Å². The Hall–Kier alpha value is -2.96. The highest BCUT2D eigenvalue weighted by molar-refractivity contribution is 7.23. The van der Waals surface area contributed by atoms with E-state index in [1.54, 1.807) is 12.1 Å². The van der Waals surface area contributed by atoms with Crippen LogP contribution >= 0.6 is 11.3 Å². The van der Waals surface area contributed by atoms with Crippen molar-refractivity contribution in [2.75, 3.05) is 0 Å². The van der Waals surface area contributed by atoms with E-state index in [2.05, 4.69) is 16.4 Å². The van der Waals surface area contributed by atoms with Crippen LogP contribution in [0, 0.1) is 0 Å². The molecule has 0 radical (unpaired) electrons. The number of rotatable bonds is 4. The molecular formula is C18H17N3O4S. The molecule has 2 heterocycles. The van der Waals surface area contributed by atoms with Crippen molar-refractivity contribution >= 4 is 38.6 Å². The maximum absolute atomic E-state index is 12.0. The Kier molecular flexibility index (Phi) is 5.46. The molecule has 0 saturated carbocycles. The Morgan fingerprint density at radius 1 is 1.38 bits per heavy atom. The van der Waals surface area contributed by atoms with Crippen molar-refractivity contribution < 1.29 is 19.5 Å². The van der Waals surface area contributed by atoms with E-state index in [-0.39, 0.29) is 17.8 Å². The van der Waals surface area contributed by atoms with Crippen LogP contribution in [0.4, 0.5) is 0 Å². The maximum atomic E-state index is 12.0. The summed E-state index contributed by atoms with van der Waals surface area (Å²) in [4.78, 5) is 33.7. The number of phenols is 1. The normalized spacial score (nSPS) is 13.2. The zero-order valence-corrected chi connectivity index (χ0v) is 14.7. The number of amides is 1. The number of carbonyl (C=O) groups is 1. The van der Waals surface area contributed by atoms with Crippen molar-refractivity contribution in [3.63, 3.8) is 0 Å². The van der Waals surface area contributed by atoms with Crippen LogP contribution in [0.2, 0.25) is 0 Å². The van der Waals surface area contributed by atoms with Gasteiger partial charge in [0.25, 0.3) is 0 Å². The number of benzene rings is 1. The molecular weight excluding hydrogens is 354 g/mol. The van der Waals surface area contributed by atoms with E-state index < -0.39 is 0 Å². The first-order valence-electron chi connectivity index (χ1n) is 8.18. The summed E-state index contributed by atoms with van der Waals surface area (Å²) >= 11 is 1.54. The lowest BCUT2D eigenvalue weighted by atomic mass is 10.2. The molecule has 1 aliphatic rings. The molecule has 7 nitrogen and oxygen atoms in total. The molecule has 2 N–H and O–H groups in total. The Labute approximate surface area is 153 Å². The lowest BCUT2D eigenvalue weighted by Crippen LogP contribution is -2.22. The fourth-order valence-corrected chi connectivity index (χ4v) is 3.98. The number of carbonyl (C=O) groups excluding carboxylic acids is 3. The summed E-state index contributed by atoms with van der Waals surface area (Å²) in [6, 6.07) is 5.31. The van der Waals surface area contributed by atoms with E-state index in [4.69, 9.17) is 9.59 Å². The standard InChI is InChI=1S/C17H17N3O2S.CO2/c21-13-6-7-14-15(9-13)23-17-19-12(10-20(14)17)5-8-16(22)18-11-3-1-2-4-11;2-1-3/h3,6-7,9-10,21H,1-2,4-5,8H2,(H,18,22);. The number of phenolic OH excluding ortho intramolecular Hbond substituents is 1. The molecule has 0 unspecified atom stereocenters. The highest BCUT2D eigenvalue weighted by Crippen LogP contribution is 2.29. The van der Waals surface area contributed by atoms with Gasteiger partial charge < -0.3 is 10.4 Å². The van der Waals surface area contributed by atoms with Gasteiger partial charge in [-0.15, -0.1) is 0 Å². The SMILES string of the molecule is O=C(CCc1cn2c(n1)sc1cc(O)ccc12)NC1=CCCC1.O=C=O. The summed E-state index contributed by atoms with van der Waals surface area (Å²) in [5.74, 6) is 0.324. The smallest absolute Gasteiger partial charge is 0.373 e. The Balaban J connectivity index is 0.000000613. The average molecular weight is 371 g/mol. The van der Waals surface area contributed by atoms with E-state index in [1.165, 1.54) is 11.3 Å². The summed E-state index contributed by atoms with van der Waals surface area (Å²) < 4.78 is 3.02. The third-order valence-corrected chi connectivity index (χ3v) is 5.09. The van der Waals surface area contributed by atoms with Gasteiger partial charge in [-0.3, -0.25) is 9.20 Å². The molecule has 3 aromatic rings. The van der Waals surface area contributed by atoms with Crippen molar-refractivity contribution in [1.29, 1.82) is 0 Å². The van der Waals surface area contributed by atoms with E-state index in [0.29, 0.717) is 12.8 Å². The number of nitrogens with one attached hydrogen (secondary N) is 1. The fraction of sp³-hybridized carbons (Fsp3) is 0.278. The molecule has 1 aromatic carbocycles. The summed E-state index contributed by atoms with van der Waals surface area (Å²) in [6.07, 6.45) is 8.59. The fourth-order valence-electron chi connectivity index (χ4n) is 2.92. The largest absolute Gasteiger partial charge is 0.508 e. The zero-order valence-electron chi connectivity index (χ0n) is 13.9. The Morgan fingerprint density at radius 2 is 2.19 bits per heavy atom. The molecule has 26 heavy (non-hydrogen) atoms. The van der Waals surface area contributed by atoms with E-state index >= 15 is 0 Å². The van der Waals surface area contributed by atoms with Gasteiger partial charge in [0.1, 0.15) is 5.75 Å². The van der Waals surface area contributed by atoms with Crippen LogP contribution < -0.4 is 5.32 Å². The number of imidazole rings is 1. The van der Waals surface area contributed by atoms with Crippen molar-refractivity contribution in [1.82, 2.24) is 14.7 Å². The quantitative estimate of drug-likeness (QED) is 0.734. The van der Waals surface area contributed by atoms with Crippen LogP contribution in [0.3, 0.4) is 0 Å². The minimum absolute atomic E-state index is 0.0595. The van der Waals surface area contributed by atoms with Crippen LogP contribution in [0.5, 0.6) is 5.75 Å². The predicted molar refractivity (Wildman–Crippen MR) is 95.6 cm³/mol. The molecule has 4 rings (SSSR count). The second-order valence-corrected chi connectivity index (χ2v) is 6.90. The van der Waals surface area contributed by atoms with Gasteiger partial charge in [-0.25, -0.2) is 4.98 Å². The lowest BCUT2D eigenvalue weighted by Gasteiger charge is -2.04. The molecule has 2 aromatic heterocycles. The highest BCUT2D eigenvalue weighted by atomic mass is 32.1. The average Bonchev–Trinajstić information content (AvgIpc) is 3.29. The second kappa shape index (κ2) is 7.95. The zero-order chi connectivity index (χ0) is 18.5. The number of aromatic nitrogens is 2. The van der Waals surface area contributed by atoms with Crippen molar-refractivity contribution in [2.45, 2.75) is 32.1 Å². The summed E-state index contributed by atoms with van der Waals surface area (Å²) in [5, 5.41) is 12.5. The molecule has 0 spiro atoms. The van der Waals surface area contributed by atoms with E-state index in [0.717, 1.165) is 45.8 Å². The Bertz CT molecular complexity index is 1010. The predicted octanol–water partition coefficient (Wildman–Crippen LogP) is 2.79. The van der Waals surface area contributed by atoms with Gasteiger partial charge >= 0.3 is 6.15 Å². The van der Waals surface area contributed by atoms with E-state index in [1.807, 2.05) is 16.7 Å². The van der Waals surface area contributed by atoms with Gasteiger partial charge in [0, 0.05) is 24.7 Å². The topological polar surface area (TPSA) is 101 Å². The summed E-state index contributed by atoms with van der Waals surface area (Å²) in [5.41, 5.74) is 3.01. The van der Waals surface area contributed by atoms with Gasteiger partial charge in [0.15, 0.2) is 4.96 Å². The number of aryl methyl sites for hydroxylation is 1. The first-order valence-corrected chi connectivity index (χ1v) is 9.00. The molecule has 1 amide bonds.